The molecule has 2 heteroatoms. The van der Waals surface area contributed by atoms with E-state index in [0.717, 1.165) is 24.5 Å². The Hall–Kier alpha value is -0.860. The molecule has 2 fully saturated rings. The lowest BCUT2D eigenvalue weighted by Gasteiger charge is -2.23. The zero-order valence-corrected chi connectivity index (χ0v) is 9.89. The number of hydrogen-bond donors (Lipinski definition) is 1. The van der Waals surface area contributed by atoms with E-state index in [4.69, 9.17) is 0 Å². The fraction of sp³-hybridized carbons (Fsp3) is 0.571. The number of nitrogens with one attached hydrogen (secondary N) is 1. The molecule has 2 saturated heterocycles. The van der Waals surface area contributed by atoms with E-state index in [9.17, 15) is 0 Å². The van der Waals surface area contributed by atoms with Crippen LogP contribution in [0.2, 0.25) is 0 Å². The Morgan fingerprint density at radius 2 is 2.12 bits per heavy atom. The fourth-order valence-electron chi connectivity index (χ4n) is 3.28. The van der Waals surface area contributed by atoms with Crippen molar-refractivity contribution in [2.45, 2.75) is 32.0 Å². The number of fused-ring (bicyclic) bond motifs is 1. The molecule has 0 aromatic heterocycles. The minimum absolute atomic E-state index is 0.736. The van der Waals surface area contributed by atoms with Crippen molar-refractivity contribution >= 4 is 0 Å². The lowest BCUT2D eigenvalue weighted by Crippen LogP contribution is -2.31. The van der Waals surface area contributed by atoms with Crippen LogP contribution in [0.25, 0.3) is 0 Å². The van der Waals surface area contributed by atoms with Gasteiger partial charge in [0, 0.05) is 25.2 Å². The Labute approximate surface area is 97.6 Å². The van der Waals surface area contributed by atoms with Crippen molar-refractivity contribution < 1.29 is 0 Å². The van der Waals surface area contributed by atoms with Gasteiger partial charge in [-0.05, 0) is 31.4 Å². The normalized spacial score (nSPS) is 34.2. The van der Waals surface area contributed by atoms with E-state index in [0.29, 0.717) is 0 Å². The van der Waals surface area contributed by atoms with Gasteiger partial charge in [-0.25, -0.2) is 0 Å². The van der Waals surface area contributed by atoms with E-state index in [1.165, 1.54) is 25.1 Å². The minimum Gasteiger partial charge on any atom is -0.312 e. The zero-order valence-electron chi connectivity index (χ0n) is 9.89. The summed E-state index contributed by atoms with van der Waals surface area (Å²) in [6.07, 6.45) is 1.36. The molecule has 2 heterocycles. The van der Waals surface area contributed by atoms with Gasteiger partial charge in [-0.15, -0.1) is 0 Å². The lowest BCUT2D eigenvalue weighted by atomic mass is 9.98. The van der Waals surface area contributed by atoms with Crippen molar-refractivity contribution in [3.05, 3.63) is 35.9 Å². The number of likely N-dealkylation sites (tertiary alicyclic amines) is 1. The molecule has 2 aliphatic heterocycles. The highest BCUT2D eigenvalue weighted by Gasteiger charge is 2.41. The van der Waals surface area contributed by atoms with E-state index >= 15 is 0 Å². The Bertz CT molecular complexity index is 349. The second kappa shape index (κ2) is 4.19. The molecule has 1 aromatic rings. The van der Waals surface area contributed by atoms with Gasteiger partial charge in [-0.2, -0.15) is 0 Å². The van der Waals surface area contributed by atoms with E-state index < -0.39 is 0 Å². The average molecular weight is 216 g/mol. The summed E-state index contributed by atoms with van der Waals surface area (Å²) in [5, 5.41) is 3.62. The van der Waals surface area contributed by atoms with Crippen molar-refractivity contribution in [2.75, 3.05) is 13.1 Å². The van der Waals surface area contributed by atoms with E-state index in [2.05, 4.69) is 47.5 Å². The van der Waals surface area contributed by atoms with Crippen LogP contribution in [0.15, 0.2) is 30.3 Å². The third-order valence-corrected chi connectivity index (χ3v) is 4.26. The zero-order chi connectivity index (χ0) is 11.0. The molecular formula is C14H20N2. The van der Waals surface area contributed by atoms with E-state index in [-0.39, 0.29) is 0 Å². The van der Waals surface area contributed by atoms with Crippen LogP contribution in [0.3, 0.4) is 0 Å². The third-order valence-electron chi connectivity index (χ3n) is 4.26. The van der Waals surface area contributed by atoms with Crippen LogP contribution in [0, 0.1) is 5.92 Å². The first-order valence-electron chi connectivity index (χ1n) is 6.36. The molecule has 0 saturated carbocycles. The summed E-state index contributed by atoms with van der Waals surface area (Å²) in [4.78, 5) is 2.62. The maximum absolute atomic E-state index is 3.62. The molecule has 0 amide bonds. The summed E-state index contributed by atoms with van der Waals surface area (Å²) in [5.41, 5.74) is 1.44. The third kappa shape index (κ3) is 1.76. The molecule has 0 bridgehead atoms. The van der Waals surface area contributed by atoms with Gasteiger partial charge in [-0.3, -0.25) is 4.90 Å². The summed E-state index contributed by atoms with van der Waals surface area (Å²) < 4.78 is 0. The second-order valence-electron chi connectivity index (χ2n) is 5.17. The molecule has 86 valence electrons. The van der Waals surface area contributed by atoms with Crippen molar-refractivity contribution in [1.82, 2.24) is 10.2 Å². The van der Waals surface area contributed by atoms with E-state index in [1.54, 1.807) is 0 Å². The Morgan fingerprint density at radius 1 is 1.31 bits per heavy atom. The molecule has 2 nitrogen and oxygen atoms in total. The van der Waals surface area contributed by atoms with E-state index in [1.807, 2.05) is 0 Å². The second-order valence-corrected chi connectivity index (χ2v) is 5.17. The quantitative estimate of drug-likeness (QED) is 0.812. The largest absolute Gasteiger partial charge is 0.312 e. The summed E-state index contributed by atoms with van der Waals surface area (Å²) in [7, 11) is 0. The molecule has 0 spiro atoms. The monoisotopic (exact) mass is 216 g/mol. The molecule has 3 rings (SSSR count). The van der Waals surface area contributed by atoms with Gasteiger partial charge >= 0.3 is 0 Å². The first kappa shape index (κ1) is 10.3. The van der Waals surface area contributed by atoms with Crippen LogP contribution in [0.4, 0.5) is 0 Å². The highest BCUT2D eigenvalue weighted by atomic mass is 15.2. The van der Waals surface area contributed by atoms with Crippen molar-refractivity contribution in [1.29, 1.82) is 0 Å². The maximum Gasteiger partial charge on any atom is 0.0238 e. The average Bonchev–Trinajstić information content (AvgIpc) is 2.86. The summed E-state index contributed by atoms with van der Waals surface area (Å²) in [6, 6.07) is 12.3. The van der Waals surface area contributed by atoms with Gasteiger partial charge in [0.05, 0.1) is 0 Å². The molecule has 0 radical (unpaired) electrons. The minimum atomic E-state index is 0.736. The fourth-order valence-corrected chi connectivity index (χ4v) is 3.28. The molecular weight excluding hydrogens is 196 g/mol. The van der Waals surface area contributed by atoms with Gasteiger partial charge in [0.1, 0.15) is 0 Å². The number of nitrogens with zero attached hydrogens (tertiary/aromatic N) is 1. The van der Waals surface area contributed by atoms with Crippen LogP contribution in [-0.4, -0.2) is 30.1 Å². The first-order valence-corrected chi connectivity index (χ1v) is 6.36. The Kier molecular flexibility index (Phi) is 2.70. The Balaban J connectivity index is 1.69. The van der Waals surface area contributed by atoms with Gasteiger partial charge in [0.15, 0.2) is 0 Å². The molecule has 0 aliphatic carbocycles. The van der Waals surface area contributed by atoms with Gasteiger partial charge in [0.25, 0.3) is 0 Å². The standard InChI is InChI=1S/C14H20N2/c1-11-13-7-8-15-14(13)10-16(11)9-12-5-3-2-4-6-12/h2-6,11,13-15H,7-10H2,1H3. The molecule has 1 aromatic carbocycles. The number of benzene rings is 1. The van der Waals surface area contributed by atoms with Crippen LogP contribution in [0.5, 0.6) is 0 Å². The molecule has 1 N–H and O–H groups in total. The predicted octanol–water partition coefficient (Wildman–Crippen LogP) is 1.87. The molecule has 3 atom stereocenters. The summed E-state index contributed by atoms with van der Waals surface area (Å²) >= 11 is 0. The van der Waals surface area contributed by atoms with Gasteiger partial charge < -0.3 is 5.32 Å². The number of rotatable bonds is 2. The van der Waals surface area contributed by atoms with Gasteiger partial charge in [-0.1, -0.05) is 30.3 Å². The predicted molar refractivity (Wildman–Crippen MR) is 66.2 cm³/mol. The summed E-state index contributed by atoms with van der Waals surface area (Å²) in [6.45, 7) is 5.94. The van der Waals surface area contributed by atoms with Crippen molar-refractivity contribution in [2.24, 2.45) is 5.92 Å². The van der Waals surface area contributed by atoms with Crippen LogP contribution in [-0.2, 0) is 6.54 Å². The number of hydrogen-bond acceptors (Lipinski definition) is 2. The smallest absolute Gasteiger partial charge is 0.0238 e. The molecule has 3 unspecified atom stereocenters. The molecule has 16 heavy (non-hydrogen) atoms. The first-order chi connectivity index (χ1) is 7.84. The lowest BCUT2D eigenvalue weighted by molar-refractivity contribution is 0.229. The van der Waals surface area contributed by atoms with Crippen LogP contribution in [0.1, 0.15) is 18.9 Å². The molecule has 2 aliphatic rings. The van der Waals surface area contributed by atoms with Crippen LogP contribution < -0.4 is 5.32 Å². The topological polar surface area (TPSA) is 15.3 Å². The van der Waals surface area contributed by atoms with Gasteiger partial charge in [0.2, 0.25) is 0 Å². The summed E-state index contributed by atoms with van der Waals surface area (Å²) in [5.74, 6) is 0.878. The highest BCUT2D eigenvalue weighted by molar-refractivity contribution is 5.15. The van der Waals surface area contributed by atoms with Crippen LogP contribution >= 0.6 is 0 Å². The maximum atomic E-state index is 3.62. The van der Waals surface area contributed by atoms with Crippen molar-refractivity contribution in [3.8, 4) is 0 Å². The highest BCUT2D eigenvalue weighted by Crippen LogP contribution is 2.31. The van der Waals surface area contributed by atoms with Crippen molar-refractivity contribution in [3.63, 3.8) is 0 Å². The SMILES string of the molecule is CC1C2CCNC2CN1Cc1ccccc1. The Morgan fingerprint density at radius 3 is 2.88 bits per heavy atom.